The Morgan fingerprint density at radius 1 is 1.50 bits per heavy atom. The van der Waals surface area contributed by atoms with Gasteiger partial charge in [0.2, 0.25) is 5.65 Å². The van der Waals surface area contributed by atoms with Crippen molar-refractivity contribution in [3.63, 3.8) is 0 Å². The molecule has 2 aromatic heterocycles. The molecule has 0 aliphatic carbocycles. The first-order valence-electron chi connectivity index (χ1n) is 3.27. The highest BCUT2D eigenvalue weighted by Gasteiger charge is 2.05. The monoisotopic (exact) mass is 136 g/mol. The lowest BCUT2D eigenvalue weighted by molar-refractivity contribution is -0.750. The maximum Gasteiger partial charge on any atom is 0.268 e. The summed E-state index contributed by atoms with van der Waals surface area (Å²) in [4.78, 5) is 0. The first-order valence-corrected chi connectivity index (χ1v) is 3.27. The standard InChI is InChI=1S/C7H10N3/c1-8-6-10-5-3-4-7(10)9(8)2/h3-6H,1-2H3/q+1. The van der Waals surface area contributed by atoms with Crippen molar-refractivity contribution < 1.29 is 4.68 Å². The first kappa shape index (κ1) is 5.53. The summed E-state index contributed by atoms with van der Waals surface area (Å²) < 4.78 is 6.20. The van der Waals surface area contributed by atoms with Crippen molar-refractivity contribution in [1.82, 2.24) is 9.08 Å². The van der Waals surface area contributed by atoms with Crippen LogP contribution in [0.2, 0.25) is 0 Å². The lowest BCUT2D eigenvalue weighted by Gasteiger charge is -1.87. The summed E-state index contributed by atoms with van der Waals surface area (Å²) in [5, 5.41) is 0. The van der Waals surface area contributed by atoms with E-state index in [-0.39, 0.29) is 0 Å². The summed E-state index contributed by atoms with van der Waals surface area (Å²) in [5.41, 5.74) is 1.21. The van der Waals surface area contributed by atoms with Gasteiger partial charge in [0.25, 0.3) is 6.33 Å². The second-order valence-corrected chi connectivity index (χ2v) is 2.49. The average molecular weight is 136 g/mol. The summed E-state index contributed by atoms with van der Waals surface area (Å²) >= 11 is 0. The molecule has 2 aromatic rings. The van der Waals surface area contributed by atoms with Crippen LogP contribution in [0.25, 0.3) is 5.65 Å². The van der Waals surface area contributed by atoms with Crippen LogP contribution in [0.3, 0.4) is 0 Å². The summed E-state index contributed by atoms with van der Waals surface area (Å²) in [6.45, 7) is 0. The van der Waals surface area contributed by atoms with Gasteiger partial charge < -0.3 is 0 Å². The van der Waals surface area contributed by atoms with E-state index in [0.29, 0.717) is 0 Å². The van der Waals surface area contributed by atoms with E-state index in [0.717, 1.165) is 0 Å². The van der Waals surface area contributed by atoms with Crippen LogP contribution in [0.1, 0.15) is 0 Å². The molecule has 0 N–H and O–H groups in total. The molecule has 0 unspecified atom stereocenters. The molecule has 0 bridgehead atoms. The SMILES string of the molecule is Cn1c2cccn2c[n+]1C. The molecular formula is C7H10N3+. The quantitative estimate of drug-likeness (QED) is 0.456. The molecule has 3 heteroatoms. The number of nitrogens with zero attached hydrogens (tertiary/aromatic N) is 3. The van der Waals surface area contributed by atoms with Gasteiger partial charge in [0.05, 0.1) is 13.2 Å². The Morgan fingerprint density at radius 3 is 3.00 bits per heavy atom. The summed E-state index contributed by atoms with van der Waals surface area (Å²) in [6, 6.07) is 4.12. The van der Waals surface area contributed by atoms with Crippen molar-refractivity contribution in [2.45, 2.75) is 0 Å². The van der Waals surface area contributed by atoms with E-state index in [2.05, 4.69) is 15.1 Å². The highest BCUT2D eigenvalue weighted by atomic mass is 15.4. The van der Waals surface area contributed by atoms with Crippen molar-refractivity contribution in [2.75, 3.05) is 0 Å². The van der Waals surface area contributed by atoms with Gasteiger partial charge in [0, 0.05) is 6.07 Å². The highest BCUT2D eigenvalue weighted by molar-refractivity contribution is 5.36. The van der Waals surface area contributed by atoms with Crippen molar-refractivity contribution in [2.24, 2.45) is 14.1 Å². The normalized spacial score (nSPS) is 11.0. The number of aryl methyl sites for hydroxylation is 2. The molecule has 52 valence electrons. The van der Waals surface area contributed by atoms with E-state index in [9.17, 15) is 0 Å². The fourth-order valence-electron chi connectivity index (χ4n) is 1.18. The van der Waals surface area contributed by atoms with Crippen molar-refractivity contribution in [1.29, 1.82) is 0 Å². The van der Waals surface area contributed by atoms with Crippen molar-refractivity contribution in [3.05, 3.63) is 24.7 Å². The second kappa shape index (κ2) is 1.62. The molecule has 0 radical (unpaired) electrons. The van der Waals surface area contributed by atoms with Crippen LogP contribution >= 0.6 is 0 Å². The Bertz CT molecular complexity index is 356. The minimum Gasteiger partial charge on any atom is -0.187 e. The van der Waals surface area contributed by atoms with E-state index < -0.39 is 0 Å². The van der Waals surface area contributed by atoms with Crippen LogP contribution in [0.4, 0.5) is 0 Å². The van der Waals surface area contributed by atoms with E-state index in [1.165, 1.54) is 5.65 Å². The fourth-order valence-corrected chi connectivity index (χ4v) is 1.18. The molecule has 3 nitrogen and oxygen atoms in total. The minimum absolute atomic E-state index is 1.21. The molecule has 0 aliphatic heterocycles. The number of rotatable bonds is 0. The van der Waals surface area contributed by atoms with Crippen LogP contribution in [0.5, 0.6) is 0 Å². The van der Waals surface area contributed by atoms with Crippen molar-refractivity contribution >= 4 is 5.65 Å². The van der Waals surface area contributed by atoms with Crippen molar-refractivity contribution in [3.8, 4) is 0 Å². The molecular weight excluding hydrogens is 126 g/mol. The zero-order valence-electron chi connectivity index (χ0n) is 6.15. The number of fused-ring (bicyclic) bond motifs is 1. The highest BCUT2D eigenvalue weighted by Crippen LogP contribution is 1.98. The molecule has 0 aromatic carbocycles. The summed E-state index contributed by atoms with van der Waals surface area (Å²) in [6.07, 6.45) is 4.07. The van der Waals surface area contributed by atoms with Gasteiger partial charge in [-0.25, -0.2) is 0 Å². The smallest absolute Gasteiger partial charge is 0.187 e. The molecule has 0 amide bonds. The lowest BCUT2D eigenvalue weighted by atomic mass is 10.6. The molecule has 0 spiro atoms. The van der Waals surface area contributed by atoms with E-state index in [4.69, 9.17) is 0 Å². The average Bonchev–Trinajstić information content (AvgIpc) is 2.41. The summed E-state index contributed by atoms with van der Waals surface area (Å²) in [7, 11) is 4.06. The number of hydrogen-bond donors (Lipinski definition) is 0. The van der Waals surface area contributed by atoms with E-state index in [1.54, 1.807) is 0 Å². The first-order chi connectivity index (χ1) is 4.79. The van der Waals surface area contributed by atoms with Crippen LogP contribution in [-0.2, 0) is 14.1 Å². The van der Waals surface area contributed by atoms with Gasteiger partial charge in [-0.05, 0) is 6.07 Å². The Hall–Kier alpha value is -1.25. The van der Waals surface area contributed by atoms with Crippen LogP contribution in [0, 0.1) is 0 Å². The zero-order chi connectivity index (χ0) is 7.14. The third-order valence-electron chi connectivity index (χ3n) is 1.85. The van der Waals surface area contributed by atoms with Gasteiger partial charge in [0.1, 0.15) is 7.05 Å². The lowest BCUT2D eigenvalue weighted by Crippen LogP contribution is -2.36. The van der Waals surface area contributed by atoms with Gasteiger partial charge in [0.15, 0.2) is 0 Å². The third kappa shape index (κ3) is 0.518. The zero-order valence-corrected chi connectivity index (χ0v) is 6.15. The third-order valence-corrected chi connectivity index (χ3v) is 1.85. The Balaban J connectivity index is 2.95. The Kier molecular flexibility index (Phi) is 0.897. The van der Waals surface area contributed by atoms with Crippen LogP contribution in [0.15, 0.2) is 24.7 Å². The second-order valence-electron chi connectivity index (χ2n) is 2.49. The topological polar surface area (TPSA) is 13.2 Å². The maximum atomic E-state index is 2.08. The Morgan fingerprint density at radius 2 is 2.30 bits per heavy atom. The molecule has 2 heterocycles. The predicted molar refractivity (Wildman–Crippen MR) is 37.5 cm³/mol. The maximum absolute atomic E-state index is 2.08. The van der Waals surface area contributed by atoms with Gasteiger partial charge in [-0.15, -0.1) is 0 Å². The van der Waals surface area contributed by atoms with E-state index in [1.807, 2.05) is 37.4 Å². The number of aromatic nitrogens is 3. The van der Waals surface area contributed by atoms with Gasteiger partial charge in [-0.2, -0.15) is 13.8 Å². The summed E-state index contributed by atoms with van der Waals surface area (Å²) in [5.74, 6) is 0. The van der Waals surface area contributed by atoms with Gasteiger partial charge in [-0.3, -0.25) is 0 Å². The predicted octanol–water partition coefficient (Wildman–Crippen LogP) is 0.102. The minimum atomic E-state index is 1.21. The van der Waals surface area contributed by atoms with Gasteiger partial charge >= 0.3 is 0 Å². The number of hydrogen-bond acceptors (Lipinski definition) is 0. The largest absolute Gasteiger partial charge is 0.268 e. The van der Waals surface area contributed by atoms with Crippen LogP contribution < -0.4 is 4.68 Å². The molecule has 2 rings (SSSR count). The molecule has 0 aliphatic rings. The fraction of sp³-hybridized carbons (Fsp3) is 0.286. The molecule has 0 atom stereocenters. The molecule has 10 heavy (non-hydrogen) atoms. The van der Waals surface area contributed by atoms with Crippen LogP contribution in [-0.4, -0.2) is 9.08 Å². The molecule has 0 saturated carbocycles. The molecule has 0 saturated heterocycles. The van der Waals surface area contributed by atoms with E-state index >= 15 is 0 Å². The Labute approximate surface area is 59.1 Å². The molecule has 0 fully saturated rings. The van der Waals surface area contributed by atoms with Gasteiger partial charge in [-0.1, -0.05) is 0 Å².